The second-order valence-electron chi connectivity index (χ2n) is 6.62. The lowest BCUT2D eigenvalue weighted by atomic mass is 10.1. The highest BCUT2D eigenvalue weighted by Crippen LogP contribution is 2.11. The standard InChI is InChI=1S/C22H26N2O5/c1-15-5-4-6-18(13-15)21(26)24-16(2)22(27)29-14-20(25)23-12-11-17-7-9-19(28-3)10-8-17/h4-10,13,16H,11-12,14H2,1-3H3,(H,23,25)(H,24,26)/t16-/m0/s1. The van der Waals surface area contributed by atoms with Gasteiger partial charge in [0.2, 0.25) is 0 Å². The highest BCUT2D eigenvalue weighted by Gasteiger charge is 2.19. The third-order valence-corrected chi connectivity index (χ3v) is 4.22. The van der Waals surface area contributed by atoms with Crippen LogP contribution in [0.5, 0.6) is 5.75 Å². The van der Waals surface area contributed by atoms with Crippen molar-refractivity contribution in [1.82, 2.24) is 10.6 Å². The molecule has 0 bridgehead atoms. The first kappa shape index (κ1) is 21.9. The predicted octanol–water partition coefficient (Wildman–Crippen LogP) is 2.02. The molecule has 7 heteroatoms. The van der Waals surface area contributed by atoms with Crippen LogP contribution in [0, 0.1) is 6.92 Å². The van der Waals surface area contributed by atoms with E-state index in [2.05, 4.69) is 10.6 Å². The predicted molar refractivity (Wildman–Crippen MR) is 109 cm³/mol. The highest BCUT2D eigenvalue weighted by molar-refractivity contribution is 5.97. The molecule has 0 aliphatic heterocycles. The van der Waals surface area contributed by atoms with Gasteiger partial charge in [-0.3, -0.25) is 9.59 Å². The summed E-state index contributed by atoms with van der Waals surface area (Å²) in [7, 11) is 1.60. The van der Waals surface area contributed by atoms with Crippen LogP contribution in [0.2, 0.25) is 0 Å². The molecule has 154 valence electrons. The molecule has 0 fully saturated rings. The van der Waals surface area contributed by atoms with Crippen molar-refractivity contribution in [2.45, 2.75) is 26.3 Å². The van der Waals surface area contributed by atoms with Crippen molar-refractivity contribution >= 4 is 17.8 Å². The number of benzene rings is 2. The first-order valence-electron chi connectivity index (χ1n) is 9.33. The molecule has 0 saturated carbocycles. The number of esters is 1. The van der Waals surface area contributed by atoms with Gasteiger partial charge in [-0.2, -0.15) is 0 Å². The third kappa shape index (κ3) is 7.29. The molecular weight excluding hydrogens is 372 g/mol. The van der Waals surface area contributed by atoms with Gasteiger partial charge in [0.25, 0.3) is 11.8 Å². The quantitative estimate of drug-likeness (QED) is 0.631. The lowest BCUT2D eigenvalue weighted by molar-refractivity contribution is -0.150. The van der Waals surface area contributed by atoms with Gasteiger partial charge in [-0.25, -0.2) is 4.79 Å². The Labute approximate surface area is 170 Å². The minimum atomic E-state index is -0.866. The number of rotatable bonds is 9. The second kappa shape index (κ2) is 10.8. The summed E-state index contributed by atoms with van der Waals surface area (Å²) in [5.41, 5.74) is 2.45. The third-order valence-electron chi connectivity index (χ3n) is 4.22. The number of aryl methyl sites for hydroxylation is 1. The average molecular weight is 398 g/mol. The molecule has 1 atom stereocenters. The number of amides is 2. The Balaban J connectivity index is 1.68. The van der Waals surface area contributed by atoms with Gasteiger partial charge in [0.1, 0.15) is 11.8 Å². The topological polar surface area (TPSA) is 93.7 Å². The maximum absolute atomic E-state index is 12.2. The van der Waals surface area contributed by atoms with Crippen molar-refractivity contribution in [3.8, 4) is 5.75 Å². The lowest BCUT2D eigenvalue weighted by Gasteiger charge is -2.13. The molecule has 2 amide bonds. The van der Waals surface area contributed by atoms with Crippen molar-refractivity contribution in [3.05, 3.63) is 65.2 Å². The van der Waals surface area contributed by atoms with Gasteiger partial charge >= 0.3 is 5.97 Å². The van der Waals surface area contributed by atoms with Crippen molar-refractivity contribution < 1.29 is 23.9 Å². The first-order chi connectivity index (χ1) is 13.9. The molecule has 0 heterocycles. The van der Waals surface area contributed by atoms with Gasteiger partial charge in [-0.15, -0.1) is 0 Å². The van der Waals surface area contributed by atoms with E-state index >= 15 is 0 Å². The van der Waals surface area contributed by atoms with Gasteiger partial charge in [-0.1, -0.05) is 29.8 Å². The van der Waals surface area contributed by atoms with E-state index in [1.165, 1.54) is 6.92 Å². The maximum atomic E-state index is 12.2. The van der Waals surface area contributed by atoms with Crippen molar-refractivity contribution in [1.29, 1.82) is 0 Å². The van der Waals surface area contributed by atoms with Gasteiger partial charge in [0.05, 0.1) is 7.11 Å². The number of methoxy groups -OCH3 is 1. The van der Waals surface area contributed by atoms with Gasteiger partial charge in [0, 0.05) is 12.1 Å². The normalized spacial score (nSPS) is 11.3. The molecule has 0 radical (unpaired) electrons. The van der Waals surface area contributed by atoms with E-state index in [0.29, 0.717) is 18.5 Å². The van der Waals surface area contributed by atoms with Crippen LogP contribution in [-0.4, -0.2) is 44.1 Å². The molecule has 2 aromatic carbocycles. The summed E-state index contributed by atoms with van der Waals surface area (Å²) in [5.74, 6) is -0.671. The van der Waals surface area contributed by atoms with Crippen LogP contribution in [0.25, 0.3) is 0 Å². The number of carbonyl (C=O) groups excluding carboxylic acids is 3. The molecule has 0 spiro atoms. The summed E-state index contributed by atoms with van der Waals surface area (Å²) in [6.07, 6.45) is 0.645. The van der Waals surface area contributed by atoms with E-state index in [1.54, 1.807) is 25.3 Å². The molecule has 0 saturated heterocycles. The summed E-state index contributed by atoms with van der Waals surface area (Å²) in [5, 5.41) is 5.26. The molecule has 2 N–H and O–H groups in total. The van der Waals surface area contributed by atoms with Crippen LogP contribution in [0.15, 0.2) is 48.5 Å². The zero-order valence-corrected chi connectivity index (χ0v) is 16.9. The van der Waals surface area contributed by atoms with Crippen LogP contribution < -0.4 is 15.4 Å². The van der Waals surface area contributed by atoms with Gasteiger partial charge in [0.15, 0.2) is 6.61 Å². The summed E-state index contributed by atoms with van der Waals surface area (Å²) in [6, 6.07) is 13.7. The molecule has 7 nitrogen and oxygen atoms in total. The molecule has 2 aromatic rings. The first-order valence-corrected chi connectivity index (χ1v) is 9.33. The average Bonchev–Trinajstić information content (AvgIpc) is 2.72. The summed E-state index contributed by atoms with van der Waals surface area (Å²) < 4.78 is 10.1. The van der Waals surface area contributed by atoms with Crippen molar-refractivity contribution in [2.24, 2.45) is 0 Å². The van der Waals surface area contributed by atoms with Crippen LogP contribution >= 0.6 is 0 Å². The molecule has 0 aliphatic rings. The molecule has 29 heavy (non-hydrogen) atoms. The van der Waals surface area contributed by atoms with Crippen LogP contribution in [0.3, 0.4) is 0 Å². The fourth-order valence-electron chi connectivity index (χ4n) is 2.58. The van der Waals surface area contributed by atoms with E-state index in [4.69, 9.17) is 9.47 Å². The Morgan fingerprint density at radius 2 is 1.79 bits per heavy atom. The molecule has 0 aromatic heterocycles. The van der Waals surface area contributed by atoms with Crippen molar-refractivity contribution in [3.63, 3.8) is 0 Å². The van der Waals surface area contributed by atoms with E-state index in [-0.39, 0.29) is 5.91 Å². The lowest BCUT2D eigenvalue weighted by Crippen LogP contribution is -2.41. The van der Waals surface area contributed by atoms with E-state index < -0.39 is 24.5 Å². The van der Waals surface area contributed by atoms with Crippen LogP contribution in [0.1, 0.15) is 28.4 Å². The Morgan fingerprint density at radius 3 is 2.45 bits per heavy atom. The fourth-order valence-corrected chi connectivity index (χ4v) is 2.58. The molecule has 0 aliphatic carbocycles. The number of ether oxygens (including phenoxy) is 2. The molecule has 0 unspecified atom stereocenters. The fraction of sp³-hybridized carbons (Fsp3) is 0.318. The zero-order chi connectivity index (χ0) is 21.2. The summed E-state index contributed by atoms with van der Waals surface area (Å²) in [4.78, 5) is 36.0. The Kier molecular flexibility index (Phi) is 8.21. The summed E-state index contributed by atoms with van der Waals surface area (Å²) >= 11 is 0. The number of nitrogens with one attached hydrogen (secondary N) is 2. The number of hydrogen-bond donors (Lipinski definition) is 2. The Hall–Kier alpha value is -3.35. The minimum Gasteiger partial charge on any atom is -0.497 e. The Morgan fingerprint density at radius 1 is 1.07 bits per heavy atom. The Bertz CT molecular complexity index is 849. The number of carbonyl (C=O) groups is 3. The van der Waals surface area contributed by atoms with E-state index in [0.717, 1.165) is 16.9 Å². The molecule has 2 rings (SSSR count). The van der Waals surface area contributed by atoms with Gasteiger partial charge < -0.3 is 20.1 Å². The largest absolute Gasteiger partial charge is 0.497 e. The van der Waals surface area contributed by atoms with E-state index in [9.17, 15) is 14.4 Å². The smallest absolute Gasteiger partial charge is 0.328 e. The monoisotopic (exact) mass is 398 g/mol. The highest BCUT2D eigenvalue weighted by atomic mass is 16.5. The second-order valence-corrected chi connectivity index (χ2v) is 6.62. The van der Waals surface area contributed by atoms with Crippen LogP contribution in [0.4, 0.5) is 0 Å². The summed E-state index contributed by atoms with van der Waals surface area (Å²) in [6.45, 7) is 3.41. The van der Waals surface area contributed by atoms with Crippen molar-refractivity contribution in [2.75, 3.05) is 20.3 Å². The SMILES string of the molecule is COc1ccc(CCNC(=O)COC(=O)[C@H](C)NC(=O)c2cccc(C)c2)cc1. The van der Waals surface area contributed by atoms with E-state index in [1.807, 2.05) is 37.3 Å². The number of hydrogen-bond acceptors (Lipinski definition) is 5. The maximum Gasteiger partial charge on any atom is 0.328 e. The van der Waals surface area contributed by atoms with Gasteiger partial charge in [-0.05, 0) is 50.1 Å². The minimum absolute atomic E-state index is 0.373. The van der Waals surface area contributed by atoms with Crippen LogP contribution in [-0.2, 0) is 20.7 Å². The zero-order valence-electron chi connectivity index (χ0n) is 16.9. The molecular formula is C22H26N2O5.